The Morgan fingerprint density at radius 1 is 1.22 bits per heavy atom. The summed E-state index contributed by atoms with van der Waals surface area (Å²) in [5, 5.41) is 16.8. The van der Waals surface area contributed by atoms with Crippen LogP contribution < -0.4 is 20.3 Å². The lowest BCUT2D eigenvalue weighted by Crippen LogP contribution is -2.52. The Kier molecular flexibility index (Phi) is 5.74. The molecule has 4 rings (SSSR count). The number of ether oxygens (including phenoxy) is 1. The van der Waals surface area contributed by atoms with Crippen molar-refractivity contribution in [2.75, 3.05) is 22.6 Å². The van der Waals surface area contributed by atoms with Crippen LogP contribution in [0.5, 0.6) is 5.75 Å². The molecule has 9 nitrogen and oxygen atoms in total. The molecule has 1 saturated carbocycles. The first kappa shape index (κ1) is 22.3. The summed E-state index contributed by atoms with van der Waals surface area (Å²) < 4.78 is 43.3. The summed E-state index contributed by atoms with van der Waals surface area (Å²) in [7, 11) is 1.91. The third kappa shape index (κ3) is 4.36. The van der Waals surface area contributed by atoms with Crippen molar-refractivity contribution < 1.29 is 23.0 Å². The van der Waals surface area contributed by atoms with Crippen LogP contribution in [0, 0.1) is 12.8 Å². The second-order valence-electron chi connectivity index (χ2n) is 8.56. The van der Waals surface area contributed by atoms with Crippen molar-refractivity contribution in [3.63, 3.8) is 0 Å². The van der Waals surface area contributed by atoms with Crippen molar-refractivity contribution in [1.29, 1.82) is 0 Å². The number of halogens is 3. The van der Waals surface area contributed by atoms with Crippen LogP contribution in [0.4, 0.5) is 30.6 Å². The molecular weight excluding hydrogens is 427 g/mol. The van der Waals surface area contributed by atoms with Crippen LogP contribution in [0.25, 0.3) is 0 Å². The van der Waals surface area contributed by atoms with Crippen LogP contribution in [0.15, 0.2) is 12.4 Å². The first-order valence-electron chi connectivity index (χ1n) is 10.4. The van der Waals surface area contributed by atoms with Gasteiger partial charge in [-0.05, 0) is 12.8 Å². The Labute approximate surface area is 183 Å². The molecule has 2 aromatic heterocycles. The first-order chi connectivity index (χ1) is 15.0. The lowest BCUT2D eigenvalue weighted by Gasteiger charge is -2.42. The van der Waals surface area contributed by atoms with Gasteiger partial charge in [0.15, 0.2) is 11.6 Å². The van der Waals surface area contributed by atoms with E-state index in [2.05, 4.69) is 30.6 Å². The molecule has 174 valence electrons. The highest BCUT2D eigenvalue weighted by molar-refractivity contribution is 5.72. The van der Waals surface area contributed by atoms with Crippen LogP contribution in [-0.4, -0.2) is 56.5 Å². The van der Waals surface area contributed by atoms with E-state index in [1.165, 1.54) is 0 Å². The van der Waals surface area contributed by atoms with E-state index < -0.39 is 18.2 Å². The number of alkyl halides is 3. The number of aliphatic hydroxyl groups is 1. The number of aryl methyl sites for hydroxylation is 1. The minimum atomic E-state index is -4.58. The van der Waals surface area contributed by atoms with E-state index >= 15 is 0 Å². The fraction of sp³-hybridized carbons (Fsp3) is 0.600. The van der Waals surface area contributed by atoms with Gasteiger partial charge in [0.2, 0.25) is 11.8 Å². The van der Waals surface area contributed by atoms with Gasteiger partial charge < -0.3 is 25.4 Å². The molecular formula is C20H26F3N7O2. The van der Waals surface area contributed by atoms with E-state index in [9.17, 15) is 18.3 Å². The molecule has 3 heterocycles. The van der Waals surface area contributed by atoms with Crippen molar-refractivity contribution in [3.8, 4) is 5.75 Å². The Morgan fingerprint density at radius 2 is 1.88 bits per heavy atom. The first-order valence-corrected chi connectivity index (χ1v) is 10.4. The third-order valence-electron chi connectivity index (χ3n) is 5.76. The number of fused-ring (bicyclic) bond motifs is 1. The molecule has 1 fully saturated rings. The number of anilines is 3. The number of nitrogens with zero attached hydrogens (tertiary/aromatic N) is 5. The van der Waals surface area contributed by atoms with Gasteiger partial charge in [-0.1, -0.05) is 13.8 Å². The van der Waals surface area contributed by atoms with Gasteiger partial charge in [-0.25, -0.2) is 15.0 Å². The molecule has 3 N–H and O–H groups in total. The zero-order valence-electron chi connectivity index (χ0n) is 18.2. The van der Waals surface area contributed by atoms with Gasteiger partial charge in [-0.2, -0.15) is 18.2 Å². The summed E-state index contributed by atoms with van der Waals surface area (Å²) in [6.07, 6.45) is -2.09. The van der Waals surface area contributed by atoms with Crippen LogP contribution in [0.3, 0.4) is 0 Å². The lowest BCUT2D eigenvalue weighted by atomic mass is 9.89. The second kappa shape index (κ2) is 8.23. The summed E-state index contributed by atoms with van der Waals surface area (Å²) in [6, 6.07) is -0.0572. The van der Waals surface area contributed by atoms with Crippen LogP contribution >= 0.6 is 0 Å². The normalized spacial score (nSPS) is 25.1. The molecule has 2 atom stereocenters. The van der Waals surface area contributed by atoms with Gasteiger partial charge in [-0.3, -0.25) is 0 Å². The molecule has 0 saturated heterocycles. The molecule has 32 heavy (non-hydrogen) atoms. The molecule has 2 aromatic rings. The third-order valence-corrected chi connectivity index (χ3v) is 5.76. The van der Waals surface area contributed by atoms with Crippen molar-refractivity contribution >= 4 is 17.5 Å². The Hall–Kier alpha value is -2.89. The molecule has 2 aliphatic rings. The highest BCUT2D eigenvalue weighted by atomic mass is 19.4. The van der Waals surface area contributed by atoms with Crippen molar-refractivity contribution in [3.05, 3.63) is 23.9 Å². The number of aromatic nitrogens is 4. The highest BCUT2D eigenvalue weighted by Gasteiger charge is 2.37. The molecule has 1 aliphatic heterocycles. The molecule has 0 amide bonds. The summed E-state index contributed by atoms with van der Waals surface area (Å²) >= 11 is 0. The van der Waals surface area contributed by atoms with E-state index in [0.29, 0.717) is 24.5 Å². The van der Waals surface area contributed by atoms with Gasteiger partial charge in [0.25, 0.3) is 0 Å². The zero-order valence-corrected chi connectivity index (χ0v) is 18.2. The average Bonchev–Trinajstić information content (AvgIpc) is 2.67. The number of aliphatic hydroxyl groups excluding tert-OH is 1. The topological polar surface area (TPSA) is 108 Å². The number of rotatable bonds is 5. The van der Waals surface area contributed by atoms with E-state index in [4.69, 9.17) is 4.74 Å². The maximum Gasteiger partial charge on any atom is 0.451 e. The summed E-state index contributed by atoms with van der Waals surface area (Å²) in [5.74, 6) is 0.423. The molecule has 1 aliphatic carbocycles. The van der Waals surface area contributed by atoms with E-state index in [-0.39, 0.29) is 29.9 Å². The van der Waals surface area contributed by atoms with E-state index in [1.807, 2.05) is 32.7 Å². The van der Waals surface area contributed by atoms with Crippen LogP contribution in [0.1, 0.15) is 38.2 Å². The zero-order chi connectivity index (χ0) is 23.2. The molecule has 1 unspecified atom stereocenters. The number of hydrogen-bond donors (Lipinski definition) is 3. The minimum absolute atomic E-state index is 0.0705. The molecule has 0 spiro atoms. The van der Waals surface area contributed by atoms with Gasteiger partial charge >= 0.3 is 6.18 Å². The largest absolute Gasteiger partial charge is 0.487 e. The fourth-order valence-corrected chi connectivity index (χ4v) is 4.12. The predicted molar refractivity (Wildman–Crippen MR) is 112 cm³/mol. The monoisotopic (exact) mass is 453 g/mol. The quantitative estimate of drug-likeness (QED) is 0.630. The molecule has 12 heteroatoms. The molecule has 0 radical (unpaired) electrons. The Bertz CT molecular complexity index is 965. The van der Waals surface area contributed by atoms with Crippen LogP contribution in [-0.2, 0) is 6.18 Å². The smallest absolute Gasteiger partial charge is 0.451 e. The van der Waals surface area contributed by atoms with Gasteiger partial charge in [0.05, 0.1) is 24.1 Å². The van der Waals surface area contributed by atoms with Gasteiger partial charge in [0, 0.05) is 25.9 Å². The number of likely N-dealkylation sites (N-methyl/N-ethyl adjacent to an activating group) is 1. The summed E-state index contributed by atoms with van der Waals surface area (Å²) in [6.45, 7) is 5.94. The lowest BCUT2D eigenvalue weighted by molar-refractivity contribution is -0.145. The van der Waals surface area contributed by atoms with Crippen molar-refractivity contribution in [2.24, 2.45) is 5.92 Å². The van der Waals surface area contributed by atoms with Crippen LogP contribution in [0.2, 0.25) is 0 Å². The Balaban J connectivity index is 1.37. The Morgan fingerprint density at radius 3 is 2.47 bits per heavy atom. The standard InChI is InChI=1S/C20H26F3N7O2/c1-9(2)15-17(31)28-14-10(3)26-19(29-16(14)30(15)4)27-11-5-12(6-11)32-13-7-24-18(25-8-13)20(21,22)23/h7-9,11-12,15,17,28,31H,5-6H2,1-4H3,(H,26,27,29)/t11-,12-,15-,17?/m0/s1. The van der Waals surface area contributed by atoms with Crippen molar-refractivity contribution in [2.45, 2.75) is 64.2 Å². The summed E-state index contributed by atoms with van der Waals surface area (Å²) in [5.41, 5.74) is 1.43. The molecule has 0 bridgehead atoms. The minimum Gasteiger partial charge on any atom is -0.487 e. The van der Waals surface area contributed by atoms with Gasteiger partial charge in [0.1, 0.15) is 18.0 Å². The van der Waals surface area contributed by atoms with E-state index in [1.54, 1.807) is 0 Å². The number of hydrogen-bond acceptors (Lipinski definition) is 9. The average molecular weight is 453 g/mol. The summed E-state index contributed by atoms with van der Waals surface area (Å²) in [4.78, 5) is 17.7. The highest BCUT2D eigenvalue weighted by Crippen LogP contribution is 2.36. The SMILES string of the molecule is Cc1nc(N[C@H]2C[C@H](Oc3cnc(C(F)(F)F)nc3)C2)nc2c1NC(O)[C@H](C(C)C)N2C. The maximum absolute atomic E-state index is 12.6. The maximum atomic E-state index is 12.6. The van der Waals surface area contributed by atoms with Crippen molar-refractivity contribution in [1.82, 2.24) is 19.9 Å². The van der Waals surface area contributed by atoms with E-state index in [0.717, 1.165) is 23.9 Å². The fourth-order valence-electron chi connectivity index (χ4n) is 4.12. The van der Waals surface area contributed by atoms with Gasteiger partial charge in [-0.15, -0.1) is 0 Å². The second-order valence-corrected chi connectivity index (χ2v) is 8.56. The number of nitrogens with one attached hydrogen (secondary N) is 2. The predicted octanol–water partition coefficient (Wildman–Crippen LogP) is 2.82. The molecule has 0 aromatic carbocycles.